The minimum Gasteiger partial charge on any atom is -0.481 e. The first-order valence-corrected chi connectivity index (χ1v) is 7.73. The summed E-state index contributed by atoms with van der Waals surface area (Å²) in [5.41, 5.74) is 2.94. The van der Waals surface area contributed by atoms with Crippen LogP contribution >= 0.6 is 12.4 Å². The predicted molar refractivity (Wildman–Crippen MR) is 93.2 cm³/mol. The summed E-state index contributed by atoms with van der Waals surface area (Å²) in [4.78, 5) is 25.6. The summed E-state index contributed by atoms with van der Waals surface area (Å²) in [6, 6.07) is 5.62. The van der Waals surface area contributed by atoms with Gasteiger partial charge < -0.3 is 10.4 Å². The lowest BCUT2D eigenvalue weighted by molar-refractivity contribution is -0.144. The van der Waals surface area contributed by atoms with E-state index in [1.165, 1.54) is 0 Å². The van der Waals surface area contributed by atoms with Crippen LogP contribution in [-0.2, 0) is 9.59 Å². The quantitative estimate of drug-likeness (QED) is 0.884. The number of hydrogen-bond donors (Lipinski definition) is 2. The van der Waals surface area contributed by atoms with Crippen LogP contribution in [0.5, 0.6) is 0 Å². The predicted octanol–water partition coefficient (Wildman–Crippen LogP) is 2.85. The number of halogens is 1. The molecule has 0 bridgehead atoms. The second-order valence-electron chi connectivity index (χ2n) is 6.16. The Bertz CT molecular complexity index is 577. The molecule has 2 rings (SSSR count). The van der Waals surface area contributed by atoms with Gasteiger partial charge >= 0.3 is 5.97 Å². The molecule has 0 aromatic heterocycles. The van der Waals surface area contributed by atoms with Crippen molar-refractivity contribution in [3.63, 3.8) is 0 Å². The number of nitrogens with zero attached hydrogens (tertiary/aromatic N) is 1. The van der Waals surface area contributed by atoms with Crippen molar-refractivity contribution in [3.05, 3.63) is 29.3 Å². The average Bonchev–Trinajstić information content (AvgIpc) is 2.50. The molecule has 1 aromatic rings. The Balaban J connectivity index is 0.00000264. The zero-order chi connectivity index (χ0) is 16.3. The molecule has 2 unspecified atom stereocenters. The SMILES string of the molecule is Cc1ccc(C)c(NC(=O)C(C)N2CCCC(C(=O)O)C2)c1.Cl. The number of likely N-dealkylation sites (tertiary alicyclic amines) is 1. The average molecular weight is 341 g/mol. The molecule has 1 saturated heterocycles. The largest absolute Gasteiger partial charge is 0.481 e. The summed E-state index contributed by atoms with van der Waals surface area (Å²) in [6.45, 7) is 6.99. The van der Waals surface area contributed by atoms with E-state index < -0.39 is 5.97 Å². The van der Waals surface area contributed by atoms with Crippen molar-refractivity contribution in [3.8, 4) is 0 Å². The molecule has 128 valence electrons. The summed E-state index contributed by atoms with van der Waals surface area (Å²) in [5.74, 6) is -1.23. The Labute approximate surface area is 143 Å². The number of carbonyl (C=O) groups excluding carboxylic acids is 1. The Hall–Kier alpha value is -1.59. The fourth-order valence-corrected chi connectivity index (χ4v) is 2.83. The maximum absolute atomic E-state index is 12.5. The van der Waals surface area contributed by atoms with Crippen molar-refractivity contribution in [1.82, 2.24) is 4.90 Å². The third kappa shape index (κ3) is 4.94. The van der Waals surface area contributed by atoms with Crippen LogP contribution in [0.3, 0.4) is 0 Å². The number of rotatable bonds is 4. The first-order valence-electron chi connectivity index (χ1n) is 7.73. The van der Waals surface area contributed by atoms with Crippen LogP contribution in [0.4, 0.5) is 5.69 Å². The highest BCUT2D eigenvalue weighted by Crippen LogP contribution is 2.21. The fourth-order valence-electron chi connectivity index (χ4n) is 2.83. The maximum Gasteiger partial charge on any atom is 0.307 e. The van der Waals surface area contributed by atoms with E-state index in [0.29, 0.717) is 13.0 Å². The fraction of sp³-hybridized carbons (Fsp3) is 0.529. The van der Waals surface area contributed by atoms with Crippen LogP contribution in [0.1, 0.15) is 30.9 Å². The Kier molecular flexibility index (Phi) is 7.03. The van der Waals surface area contributed by atoms with Crippen LogP contribution < -0.4 is 5.32 Å². The topological polar surface area (TPSA) is 69.6 Å². The van der Waals surface area contributed by atoms with Crippen molar-refractivity contribution in [2.45, 2.75) is 39.7 Å². The van der Waals surface area contributed by atoms with E-state index in [-0.39, 0.29) is 30.3 Å². The van der Waals surface area contributed by atoms with Gasteiger partial charge in [0.05, 0.1) is 12.0 Å². The minimum atomic E-state index is -0.771. The molecule has 1 heterocycles. The second kappa shape index (κ2) is 8.31. The van der Waals surface area contributed by atoms with Gasteiger partial charge in [-0.3, -0.25) is 14.5 Å². The first kappa shape index (κ1) is 19.5. The number of benzene rings is 1. The molecule has 1 fully saturated rings. The van der Waals surface area contributed by atoms with Gasteiger partial charge in [0.25, 0.3) is 0 Å². The molecular weight excluding hydrogens is 316 g/mol. The number of aryl methyl sites for hydroxylation is 2. The molecule has 1 aliphatic heterocycles. The normalized spacial score (nSPS) is 19.5. The molecular formula is C17H25ClN2O3. The summed E-state index contributed by atoms with van der Waals surface area (Å²) >= 11 is 0. The lowest BCUT2D eigenvalue weighted by Gasteiger charge is -2.34. The van der Waals surface area contributed by atoms with Gasteiger partial charge in [-0.15, -0.1) is 12.4 Å². The van der Waals surface area contributed by atoms with E-state index in [1.54, 1.807) is 0 Å². The number of carboxylic acids is 1. The molecule has 0 spiro atoms. The molecule has 1 aliphatic rings. The van der Waals surface area contributed by atoms with E-state index in [4.69, 9.17) is 5.11 Å². The van der Waals surface area contributed by atoms with E-state index in [9.17, 15) is 9.59 Å². The van der Waals surface area contributed by atoms with Gasteiger partial charge in [-0.05, 0) is 57.4 Å². The molecule has 0 radical (unpaired) electrons. The van der Waals surface area contributed by atoms with Crippen molar-refractivity contribution in [1.29, 1.82) is 0 Å². The van der Waals surface area contributed by atoms with E-state index in [0.717, 1.165) is 29.8 Å². The van der Waals surface area contributed by atoms with Crippen LogP contribution in [0.25, 0.3) is 0 Å². The number of carbonyl (C=O) groups is 2. The van der Waals surface area contributed by atoms with Crippen LogP contribution in [0.15, 0.2) is 18.2 Å². The molecule has 0 aliphatic carbocycles. The number of anilines is 1. The minimum absolute atomic E-state index is 0. The van der Waals surface area contributed by atoms with Gasteiger partial charge in [0.15, 0.2) is 0 Å². The summed E-state index contributed by atoms with van der Waals surface area (Å²) < 4.78 is 0. The maximum atomic E-state index is 12.5. The number of amides is 1. The zero-order valence-electron chi connectivity index (χ0n) is 13.8. The van der Waals surface area contributed by atoms with Gasteiger partial charge in [-0.2, -0.15) is 0 Å². The van der Waals surface area contributed by atoms with Gasteiger partial charge in [0.1, 0.15) is 0 Å². The monoisotopic (exact) mass is 340 g/mol. The molecule has 0 saturated carbocycles. The van der Waals surface area contributed by atoms with Gasteiger partial charge in [-0.25, -0.2) is 0 Å². The summed E-state index contributed by atoms with van der Waals surface area (Å²) in [6.07, 6.45) is 1.51. The van der Waals surface area contributed by atoms with E-state index >= 15 is 0 Å². The molecule has 5 nitrogen and oxygen atoms in total. The van der Waals surface area contributed by atoms with Crippen LogP contribution in [0.2, 0.25) is 0 Å². The smallest absolute Gasteiger partial charge is 0.307 e. The molecule has 2 N–H and O–H groups in total. The number of carboxylic acid groups (broad SMARTS) is 1. The Morgan fingerprint density at radius 3 is 2.70 bits per heavy atom. The Morgan fingerprint density at radius 1 is 1.35 bits per heavy atom. The Morgan fingerprint density at radius 2 is 2.04 bits per heavy atom. The van der Waals surface area contributed by atoms with Crippen molar-refractivity contribution < 1.29 is 14.7 Å². The van der Waals surface area contributed by atoms with Gasteiger partial charge in [0.2, 0.25) is 5.91 Å². The molecule has 1 amide bonds. The number of aliphatic carboxylic acids is 1. The van der Waals surface area contributed by atoms with Crippen molar-refractivity contribution in [2.75, 3.05) is 18.4 Å². The third-order valence-corrected chi connectivity index (χ3v) is 4.38. The van der Waals surface area contributed by atoms with E-state index in [1.807, 2.05) is 43.9 Å². The van der Waals surface area contributed by atoms with Crippen molar-refractivity contribution >= 4 is 30.0 Å². The number of nitrogens with one attached hydrogen (secondary N) is 1. The number of hydrogen-bond acceptors (Lipinski definition) is 3. The molecule has 23 heavy (non-hydrogen) atoms. The first-order chi connectivity index (χ1) is 10.4. The molecule has 2 atom stereocenters. The standard InChI is InChI=1S/C17H24N2O3.ClH/c1-11-6-7-12(2)15(9-11)18-16(20)13(3)19-8-4-5-14(10-19)17(21)22;/h6-7,9,13-14H,4-5,8,10H2,1-3H3,(H,18,20)(H,21,22);1H. The summed E-state index contributed by atoms with van der Waals surface area (Å²) in [7, 11) is 0. The zero-order valence-corrected chi connectivity index (χ0v) is 14.7. The lowest BCUT2D eigenvalue weighted by atomic mass is 9.97. The highest BCUT2D eigenvalue weighted by molar-refractivity contribution is 5.95. The lowest BCUT2D eigenvalue weighted by Crippen LogP contribution is -2.48. The third-order valence-electron chi connectivity index (χ3n) is 4.38. The van der Waals surface area contributed by atoms with Gasteiger partial charge in [0, 0.05) is 12.2 Å². The van der Waals surface area contributed by atoms with Crippen molar-refractivity contribution in [2.24, 2.45) is 5.92 Å². The second-order valence-corrected chi connectivity index (χ2v) is 6.16. The molecule has 6 heteroatoms. The van der Waals surface area contributed by atoms with Crippen LogP contribution in [-0.4, -0.2) is 41.0 Å². The highest BCUT2D eigenvalue weighted by atomic mass is 35.5. The highest BCUT2D eigenvalue weighted by Gasteiger charge is 2.30. The van der Waals surface area contributed by atoms with E-state index in [2.05, 4.69) is 5.32 Å². The van der Waals surface area contributed by atoms with Gasteiger partial charge in [-0.1, -0.05) is 12.1 Å². The molecule has 1 aromatic carbocycles. The van der Waals surface area contributed by atoms with Crippen LogP contribution in [0, 0.1) is 19.8 Å². The number of piperidine rings is 1. The summed E-state index contributed by atoms with van der Waals surface area (Å²) in [5, 5.41) is 12.1.